The van der Waals surface area contributed by atoms with E-state index in [0.29, 0.717) is 22.6 Å². The number of nitrogens with one attached hydrogen (secondary N) is 2. The summed E-state index contributed by atoms with van der Waals surface area (Å²) in [5.74, 6) is -0.342. The highest BCUT2D eigenvalue weighted by Crippen LogP contribution is 2.21. The highest BCUT2D eigenvalue weighted by atomic mass is 16.5. The number of urea groups is 1. The molecule has 0 aromatic heterocycles. The van der Waals surface area contributed by atoms with Crippen LogP contribution in [0.15, 0.2) is 48.5 Å². The fourth-order valence-electron chi connectivity index (χ4n) is 2.68. The summed E-state index contributed by atoms with van der Waals surface area (Å²) in [4.78, 5) is 36.4. The summed E-state index contributed by atoms with van der Waals surface area (Å²) in [5.41, 5.74) is 1.69. The first-order valence-corrected chi connectivity index (χ1v) is 9.29. The maximum atomic E-state index is 12.6. The van der Waals surface area contributed by atoms with E-state index in [4.69, 9.17) is 9.47 Å². The van der Waals surface area contributed by atoms with E-state index in [1.807, 2.05) is 19.9 Å². The number of benzene rings is 2. The molecule has 0 saturated heterocycles. The summed E-state index contributed by atoms with van der Waals surface area (Å²) in [5, 5.41) is 5.33. The summed E-state index contributed by atoms with van der Waals surface area (Å²) in [6.07, 6.45) is 0. The van der Waals surface area contributed by atoms with Gasteiger partial charge in [0.05, 0.1) is 7.11 Å². The van der Waals surface area contributed by atoms with Gasteiger partial charge < -0.3 is 20.1 Å². The fraction of sp³-hybridized carbons (Fsp3) is 0.318. The van der Waals surface area contributed by atoms with Crippen LogP contribution >= 0.6 is 0 Å². The van der Waals surface area contributed by atoms with Gasteiger partial charge in [-0.3, -0.25) is 4.79 Å². The normalized spacial score (nSPS) is 11.5. The molecule has 0 fully saturated rings. The van der Waals surface area contributed by atoms with Crippen molar-refractivity contribution in [3.8, 4) is 5.75 Å². The molecule has 0 unspecified atom stereocenters. The number of anilines is 1. The molecular formula is C22H26N2O5. The average Bonchev–Trinajstić information content (AvgIpc) is 2.70. The Balaban J connectivity index is 2.03. The number of carbonyl (C=O) groups is 3. The molecule has 1 atom stereocenters. The van der Waals surface area contributed by atoms with Crippen molar-refractivity contribution < 1.29 is 23.9 Å². The standard InChI is InChI=1S/C22H26N2O5/c1-14(2)20(24-22(27)23-18-8-6-5-7-9-18)21(26)29-13-17-12-16(15(3)25)10-11-19(17)28-4/h5-12,14,20H,13H2,1-4H3,(H2,23,24,27)/t20-/m1/s1. The van der Waals surface area contributed by atoms with Gasteiger partial charge >= 0.3 is 12.0 Å². The molecule has 0 spiro atoms. The second kappa shape index (κ2) is 10.3. The van der Waals surface area contributed by atoms with Crippen LogP contribution in [-0.2, 0) is 16.1 Å². The number of esters is 1. The van der Waals surface area contributed by atoms with Crippen LogP contribution in [0.2, 0.25) is 0 Å². The maximum Gasteiger partial charge on any atom is 0.329 e. The van der Waals surface area contributed by atoms with Crippen LogP contribution < -0.4 is 15.4 Å². The molecule has 7 nitrogen and oxygen atoms in total. The molecule has 154 valence electrons. The van der Waals surface area contributed by atoms with Gasteiger partial charge in [0, 0.05) is 16.8 Å². The van der Waals surface area contributed by atoms with Crippen LogP contribution in [0.5, 0.6) is 5.75 Å². The molecule has 0 aliphatic rings. The number of methoxy groups -OCH3 is 1. The fourth-order valence-corrected chi connectivity index (χ4v) is 2.68. The van der Waals surface area contributed by atoms with Gasteiger partial charge in [0.25, 0.3) is 0 Å². The molecule has 2 amide bonds. The third kappa shape index (κ3) is 6.34. The molecule has 0 heterocycles. The van der Waals surface area contributed by atoms with Gasteiger partial charge in [-0.25, -0.2) is 9.59 Å². The lowest BCUT2D eigenvalue weighted by Gasteiger charge is -2.21. The second-order valence-electron chi connectivity index (χ2n) is 6.88. The Kier molecular flexibility index (Phi) is 7.77. The minimum absolute atomic E-state index is 0.0751. The lowest BCUT2D eigenvalue weighted by molar-refractivity contribution is -0.148. The van der Waals surface area contributed by atoms with E-state index >= 15 is 0 Å². The van der Waals surface area contributed by atoms with Crippen LogP contribution in [0.25, 0.3) is 0 Å². The van der Waals surface area contributed by atoms with E-state index in [2.05, 4.69) is 10.6 Å². The SMILES string of the molecule is COc1ccc(C(C)=O)cc1COC(=O)[C@H](NC(=O)Nc1ccccc1)C(C)C. The summed E-state index contributed by atoms with van der Waals surface area (Å²) in [6.45, 7) is 5.01. The van der Waals surface area contributed by atoms with Crippen molar-refractivity contribution in [2.75, 3.05) is 12.4 Å². The molecule has 0 saturated carbocycles. The number of hydrogen-bond donors (Lipinski definition) is 2. The number of para-hydroxylation sites is 1. The highest BCUT2D eigenvalue weighted by Gasteiger charge is 2.26. The monoisotopic (exact) mass is 398 g/mol. The number of ether oxygens (including phenoxy) is 2. The summed E-state index contributed by atoms with van der Waals surface area (Å²) >= 11 is 0. The Labute approximate surface area is 170 Å². The van der Waals surface area contributed by atoms with Gasteiger partial charge in [0.2, 0.25) is 0 Å². The molecule has 0 aliphatic heterocycles. The predicted octanol–water partition coefficient (Wildman–Crippen LogP) is 3.79. The molecule has 2 N–H and O–H groups in total. The van der Waals surface area contributed by atoms with Gasteiger partial charge in [-0.2, -0.15) is 0 Å². The Morgan fingerprint density at radius 2 is 1.72 bits per heavy atom. The van der Waals surface area contributed by atoms with E-state index in [-0.39, 0.29) is 18.3 Å². The van der Waals surface area contributed by atoms with Crippen LogP contribution in [0.4, 0.5) is 10.5 Å². The summed E-state index contributed by atoms with van der Waals surface area (Å²) in [6, 6.07) is 12.5. The predicted molar refractivity (Wildman–Crippen MR) is 110 cm³/mol. The van der Waals surface area contributed by atoms with Crippen LogP contribution in [-0.4, -0.2) is 30.9 Å². The van der Waals surface area contributed by atoms with Crippen molar-refractivity contribution in [3.63, 3.8) is 0 Å². The van der Waals surface area contributed by atoms with Crippen molar-refractivity contribution in [1.29, 1.82) is 0 Å². The zero-order valence-corrected chi connectivity index (χ0v) is 17.0. The van der Waals surface area contributed by atoms with E-state index in [1.54, 1.807) is 42.5 Å². The topological polar surface area (TPSA) is 93.7 Å². The lowest BCUT2D eigenvalue weighted by Crippen LogP contribution is -2.47. The third-order valence-electron chi connectivity index (χ3n) is 4.30. The maximum absolute atomic E-state index is 12.6. The average molecular weight is 398 g/mol. The number of carbonyl (C=O) groups excluding carboxylic acids is 3. The van der Waals surface area contributed by atoms with Crippen molar-refractivity contribution in [2.45, 2.75) is 33.4 Å². The van der Waals surface area contributed by atoms with Crippen LogP contribution in [0.1, 0.15) is 36.7 Å². The molecule has 2 rings (SSSR count). The Bertz CT molecular complexity index is 865. The zero-order valence-electron chi connectivity index (χ0n) is 17.0. The summed E-state index contributed by atoms with van der Waals surface area (Å²) < 4.78 is 10.7. The van der Waals surface area contributed by atoms with Crippen LogP contribution in [0.3, 0.4) is 0 Å². The molecule has 7 heteroatoms. The molecule has 2 aromatic carbocycles. The summed E-state index contributed by atoms with van der Waals surface area (Å²) in [7, 11) is 1.50. The van der Waals surface area contributed by atoms with Gasteiger partial charge in [0.15, 0.2) is 5.78 Å². The smallest absolute Gasteiger partial charge is 0.329 e. The molecular weight excluding hydrogens is 372 g/mol. The van der Waals surface area contributed by atoms with Gasteiger partial charge in [-0.15, -0.1) is 0 Å². The van der Waals surface area contributed by atoms with Crippen LogP contribution in [0, 0.1) is 5.92 Å². The molecule has 0 bridgehead atoms. The second-order valence-corrected chi connectivity index (χ2v) is 6.88. The van der Waals surface area contributed by atoms with Crippen molar-refractivity contribution in [1.82, 2.24) is 5.32 Å². The molecule has 0 aliphatic carbocycles. The van der Waals surface area contributed by atoms with Gasteiger partial charge in [0.1, 0.15) is 18.4 Å². The minimum atomic E-state index is -0.833. The van der Waals surface area contributed by atoms with Crippen molar-refractivity contribution >= 4 is 23.5 Å². The number of Topliss-reactive ketones (excluding diaryl/α,β-unsaturated/α-hetero) is 1. The lowest BCUT2D eigenvalue weighted by atomic mass is 10.0. The first-order valence-electron chi connectivity index (χ1n) is 9.29. The van der Waals surface area contributed by atoms with E-state index in [9.17, 15) is 14.4 Å². The number of amides is 2. The van der Waals surface area contributed by atoms with Crippen molar-refractivity contribution in [2.24, 2.45) is 5.92 Å². The number of hydrogen-bond acceptors (Lipinski definition) is 5. The van der Waals surface area contributed by atoms with Gasteiger partial charge in [-0.1, -0.05) is 32.0 Å². The number of ketones is 1. The Hall–Kier alpha value is -3.35. The van der Waals surface area contributed by atoms with Crippen molar-refractivity contribution in [3.05, 3.63) is 59.7 Å². The highest BCUT2D eigenvalue weighted by molar-refractivity contribution is 5.94. The largest absolute Gasteiger partial charge is 0.496 e. The molecule has 29 heavy (non-hydrogen) atoms. The van der Waals surface area contributed by atoms with E-state index in [0.717, 1.165) is 0 Å². The molecule has 2 aromatic rings. The third-order valence-corrected chi connectivity index (χ3v) is 4.30. The molecule has 0 radical (unpaired) electrons. The van der Waals surface area contributed by atoms with E-state index < -0.39 is 18.0 Å². The Morgan fingerprint density at radius 1 is 1.03 bits per heavy atom. The van der Waals surface area contributed by atoms with Gasteiger partial charge in [-0.05, 0) is 43.2 Å². The first kappa shape index (κ1) is 21.9. The zero-order chi connectivity index (χ0) is 21.4. The number of rotatable bonds is 8. The Morgan fingerprint density at radius 3 is 2.31 bits per heavy atom. The first-order chi connectivity index (χ1) is 13.8. The minimum Gasteiger partial charge on any atom is -0.496 e. The van der Waals surface area contributed by atoms with E-state index in [1.165, 1.54) is 14.0 Å². The quantitative estimate of drug-likeness (QED) is 0.521.